The highest BCUT2D eigenvalue weighted by molar-refractivity contribution is 5.77. The van der Waals surface area contributed by atoms with Crippen LogP contribution in [-0.2, 0) is 15.9 Å². The summed E-state index contributed by atoms with van der Waals surface area (Å²) in [5.41, 5.74) is 2.13. The molecular weight excluding hydrogens is 348 g/mol. The summed E-state index contributed by atoms with van der Waals surface area (Å²) in [4.78, 5) is 11.0. The molecule has 1 aromatic rings. The van der Waals surface area contributed by atoms with E-state index in [1.807, 2.05) is 32.9 Å². The minimum absolute atomic E-state index is 0.0370. The first-order valence-electron chi connectivity index (χ1n) is 10.9. The predicted molar refractivity (Wildman–Crippen MR) is 120 cm³/mol. The molecule has 0 N–H and O–H groups in total. The standard InChI is InChI=1S/C17H24O.C6H14O2.C2H4/c1-2-6-14-7-5-8-15(11-14)12-16-9-3-4-10-17(16)13-18;1-4-7-6(3)8-5-2;1-2/h3-4,9-10,13-15H,2,5-8,11-12H2,1H3;6H,4-5H2,1-3H3;1-2H2. The maximum absolute atomic E-state index is 11.0. The third-order valence-electron chi connectivity index (χ3n) is 5.08. The molecule has 1 saturated carbocycles. The third kappa shape index (κ3) is 11.4. The SMILES string of the molecule is C=C.CCCC1CCCC(Cc2ccccc2C=O)C1.CCOC(C)OCC. The molecule has 28 heavy (non-hydrogen) atoms. The van der Waals surface area contributed by atoms with Crippen LogP contribution in [-0.4, -0.2) is 25.8 Å². The topological polar surface area (TPSA) is 35.5 Å². The second kappa shape index (κ2) is 17.6. The van der Waals surface area contributed by atoms with Crippen molar-refractivity contribution in [3.8, 4) is 0 Å². The summed E-state index contributed by atoms with van der Waals surface area (Å²) >= 11 is 0. The Morgan fingerprint density at radius 2 is 1.68 bits per heavy atom. The van der Waals surface area contributed by atoms with Crippen molar-refractivity contribution in [1.29, 1.82) is 0 Å². The largest absolute Gasteiger partial charge is 0.353 e. The Balaban J connectivity index is 0.000000618. The van der Waals surface area contributed by atoms with Crippen molar-refractivity contribution in [1.82, 2.24) is 0 Å². The molecule has 0 amide bonds. The third-order valence-corrected chi connectivity index (χ3v) is 5.08. The monoisotopic (exact) mass is 390 g/mol. The lowest BCUT2D eigenvalue weighted by Gasteiger charge is -2.29. The van der Waals surface area contributed by atoms with Crippen LogP contribution >= 0.6 is 0 Å². The molecular formula is C25H42O3. The van der Waals surface area contributed by atoms with Gasteiger partial charge in [0.2, 0.25) is 0 Å². The van der Waals surface area contributed by atoms with E-state index in [4.69, 9.17) is 9.47 Å². The highest BCUT2D eigenvalue weighted by Crippen LogP contribution is 2.34. The molecule has 2 rings (SSSR count). The van der Waals surface area contributed by atoms with E-state index in [0.717, 1.165) is 43.3 Å². The highest BCUT2D eigenvalue weighted by atomic mass is 16.7. The Kier molecular flexibility index (Phi) is 16.7. The molecule has 0 aliphatic heterocycles. The van der Waals surface area contributed by atoms with Gasteiger partial charge in [-0.15, -0.1) is 13.2 Å². The quantitative estimate of drug-likeness (QED) is 0.262. The smallest absolute Gasteiger partial charge is 0.154 e. The summed E-state index contributed by atoms with van der Waals surface area (Å²) in [6, 6.07) is 8.06. The van der Waals surface area contributed by atoms with Crippen LogP contribution in [0.25, 0.3) is 0 Å². The van der Waals surface area contributed by atoms with Crippen molar-refractivity contribution in [2.24, 2.45) is 11.8 Å². The van der Waals surface area contributed by atoms with Crippen LogP contribution in [0.2, 0.25) is 0 Å². The van der Waals surface area contributed by atoms with Gasteiger partial charge in [0.25, 0.3) is 0 Å². The van der Waals surface area contributed by atoms with Crippen molar-refractivity contribution in [2.75, 3.05) is 13.2 Å². The number of benzene rings is 1. The first-order valence-corrected chi connectivity index (χ1v) is 10.9. The minimum Gasteiger partial charge on any atom is -0.353 e. The van der Waals surface area contributed by atoms with Gasteiger partial charge < -0.3 is 9.47 Å². The van der Waals surface area contributed by atoms with Gasteiger partial charge in [-0.05, 0) is 51.0 Å². The van der Waals surface area contributed by atoms with E-state index in [1.165, 1.54) is 44.1 Å². The number of aldehydes is 1. The number of carbonyl (C=O) groups is 1. The molecule has 2 atom stereocenters. The first-order chi connectivity index (χ1) is 13.6. The Morgan fingerprint density at radius 1 is 1.07 bits per heavy atom. The summed E-state index contributed by atoms with van der Waals surface area (Å²) in [6.45, 7) is 15.5. The summed E-state index contributed by atoms with van der Waals surface area (Å²) < 4.78 is 10.1. The minimum atomic E-state index is -0.0370. The Labute approximate surface area is 173 Å². The molecule has 0 radical (unpaired) electrons. The molecule has 1 fully saturated rings. The molecule has 0 aromatic heterocycles. The van der Waals surface area contributed by atoms with E-state index in [0.29, 0.717) is 0 Å². The van der Waals surface area contributed by atoms with E-state index in [-0.39, 0.29) is 6.29 Å². The fourth-order valence-corrected chi connectivity index (χ4v) is 3.92. The molecule has 0 bridgehead atoms. The summed E-state index contributed by atoms with van der Waals surface area (Å²) in [5, 5.41) is 0. The van der Waals surface area contributed by atoms with Crippen molar-refractivity contribution >= 4 is 6.29 Å². The van der Waals surface area contributed by atoms with Gasteiger partial charge in [-0.25, -0.2) is 0 Å². The number of rotatable bonds is 9. The average Bonchev–Trinajstić information content (AvgIpc) is 2.71. The zero-order valence-electron chi connectivity index (χ0n) is 18.6. The molecule has 0 saturated heterocycles. The van der Waals surface area contributed by atoms with Crippen molar-refractivity contribution in [3.05, 3.63) is 48.6 Å². The molecule has 0 heterocycles. The van der Waals surface area contributed by atoms with E-state index in [9.17, 15) is 4.79 Å². The molecule has 1 aliphatic rings. The Morgan fingerprint density at radius 3 is 2.25 bits per heavy atom. The van der Waals surface area contributed by atoms with E-state index < -0.39 is 0 Å². The Hall–Kier alpha value is -1.45. The van der Waals surface area contributed by atoms with Crippen LogP contribution in [0.1, 0.15) is 82.1 Å². The zero-order valence-corrected chi connectivity index (χ0v) is 18.6. The molecule has 1 aliphatic carbocycles. The summed E-state index contributed by atoms with van der Waals surface area (Å²) in [7, 11) is 0. The molecule has 2 unspecified atom stereocenters. The van der Waals surface area contributed by atoms with Crippen LogP contribution < -0.4 is 0 Å². The van der Waals surface area contributed by atoms with Crippen LogP contribution in [0, 0.1) is 11.8 Å². The van der Waals surface area contributed by atoms with Gasteiger partial charge in [0.15, 0.2) is 6.29 Å². The van der Waals surface area contributed by atoms with E-state index in [2.05, 4.69) is 32.2 Å². The maximum atomic E-state index is 11.0. The summed E-state index contributed by atoms with van der Waals surface area (Å²) in [5.74, 6) is 1.72. The van der Waals surface area contributed by atoms with Crippen LogP contribution in [0.15, 0.2) is 37.4 Å². The van der Waals surface area contributed by atoms with Gasteiger partial charge in [0.1, 0.15) is 6.29 Å². The van der Waals surface area contributed by atoms with Gasteiger partial charge in [-0.1, -0.05) is 63.3 Å². The normalized spacial score (nSPS) is 18.5. The van der Waals surface area contributed by atoms with Crippen molar-refractivity contribution < 1.29 is 14.3 Å². The second-order valence-corrected chi connectivity index (χ2v) is 7.19. The zero-order chi connectivity index (χ0) is 21.2. The molecule has 1 aromatic carbocycles. The van der Waals surface area contributed by atoms with Crippen LogP contribution in [0.3, 0.4) is 0 Å². The lowest BCUT2D eigenvalue weighted by molar-refractivity contribution is -0.123. The number of hydrogen-bond donors (Lipinski definition) is 0. The van der Waals surface area contributed by atoms with E-state index in [1.54, 1.807) is 0 Å². The van der Waals surface area contributed by atoms with Crippen LogP contribution in [0.5, 0.6) is 0 Å². The lowest BCUT2D eigenvalue weighted by atomic mass is 9.76. The van der Waals surface area contributed by atoms with Crippen molar-refractivity contribution in [2.45, 2.75) is 78.9 Å². The fourth-order valence-electron chi connectivity index (χ4n) is 3.92. The van der Waals surface area contributed by atoms with Gasteiger partial charge >= 0.3 is 0 Å². The lowest BCUT2D eigenvalue weighted by Crippen LogP contribution is -2.17. The highest BCUT2D eigenvalue weighted by Gasteiger charge is 2.22. The second-order valence-electron chi connectivity index (χ2n) is 7.19. The summed E-state index contributed by atoms with van der Waals surface area (Å²) in [6.07, 6.45) is 10.2. The molecule has 3 heteroatoms. The number of carbonyl (C=O) groups excluding carboxylic acids is 1. The predicted octanol–water partition coefficient (Wildman–Crippen LogP) is 6.86. The molecule has 3 nitrogen and oxygen atoms in total. The maximum Gasteiger partial charge on any atom is 0.154 e. The number of hydrogen-bond acceptors (Lipinski definition) is 3. The van der Waals surface area contributed by atoms with Gasteiger partial charge in [0.05, 0.1) is 0 Å². The van der Waals surface area contributed by atoms with Gasteiger partial charge in [0, 0.05) is 18.8 Å². The van der Waals surface area contributed by atoms with Gasteiger partial charge in [-0.3, -0.25) is 4.79 Å². The first kappa shape index (κ1) is 26.6. The van der Waals surface area contributed by atoms with Crippen molar-refractivity contribution in [3.63, 3.8) is 0 Å². The average molecular weight is 391 g/mol. The van der Waals surface area contributed by atoms with Gasteiger partial charge in [-0.2, -0.15) is 0 Å². The number of ether oxygens (including phenoxy) is 2. The fraction of sp³-hybridized carbons (Fsp3) is 0.640. The molecule has 160 valence electrons. The Bertz CT molecular complexity index is 492. The molecule has 0 spiro atoms. The van der Waals surface area contributed by atoms with Crippen LogP contribution in [0.4, 0.5) is 0 Å². The van der Waals surface area contributed by atoms with E-state index >= 15 is 0 Å².